The summed E-state index contributed by atoms with van der Waals surface area (Å²) in [6, 6.07) is 16.4. The Balaban J connectivity index is 1.49. The third-order valence-electron chi connectivity index (χ3n) is 3.92. The van der Waals surface area contributed by atoms with Crippen molar-refractivity contribution >= 4 is 62.6 Å². The molecule has 0 saturated carbocycles. The molecule has 28 heavy (non-hydrogen) atoms. The van der Waals surface area contributed by atoms with Crippen molar-refractivity contribution in [2.24, 2.45) is 0 Å². The van der Waals surface area contributed by atoms with Crippen LogP contribution in [0.1, 0.15) is 10.4 Å². The molecule has 1 amide bonds. The number of oxazole rings is 1. The number of rotatable bonds is 3. The van der Waals surface area contributed by atoms with Crippen LogP contribution in [0.3, 0.4) is 0 Å². The molecule has 4 aromatic rings. The van der Waals surface area contributed by atoms with Gasteiger partial charge in [0.1, 0.15) is 5.52 Å². The zero-order valence-electron chi connectivity index (χ0n) is 14.3. The molecule has 0 bridgehead atoms. The van der Waals surface area contributed by atoms with Crippen LogP contribution >= 0.6 is 34.8 Å². The average molecular weight is 500 g/mol. The van der Waals surface area contributed by atoms with E-state index >= 15 is 0 Å². The first-order chi connectivity index (χ1) is 13.6. The number of thiocarbonyl (C=S) groups is 1. The maximum absolute atomic E-state index is 12.4. The van der Waals surface area contributed by atoms with E-state index in [0.717, 1.165) is 9.13 Å². The van der Waals surface area contributed by atoms with Gasteiger partial charge in [0.15, 0.2) is 10.7 Å². The van der Waals surface area contributed by atoms with Crippen molar-refractivity contribution in [2.45, 2.75) is 0 Å². The van der Waals surface area contributed by atoms with Crippen LogP contribution in [0.5, 0.6) is 0 Å². The minimum atomic E-state index is -0.259. The van der Waals surface area contributed by atoms with Gasteiger partial charge in [-0.1, -0.05) is 12.1 Å². The molecular formula is C20H13IN4O2S. The van der Waals surface area contributed by atoms with Crippen molar-refractivity contribution in [3.05, 3.63) is 76.1 Å². The lowest BCUT2D eigenvalue weighted by Gasteiger charge is -2.10. The summed E-state index contributed by atoms with van der Waals surface area (Å²) < 4.78 is 6.63. The molecule has 0 radical (unpaired) electrons. The standard InChI is InChI=1S/C20H13IN4O2S/c21-15-4-2-1-3-14(15)18(26)25-20(28)23-13-5-6-17-16(11-13)24-19(27-17)12-7-9-22-10-8-12/h1-11H,(H2,23,25,26,28). The van der Waals surface area contributed by atoms with Crippen molar-refractivity contribution in [2.75, 3.05) is 5.32 Å². The molecule has 0 aliphatic heterocycles. The number of benzene rings is 2. The molecule has 2 heterocycles. The third kappa shape index (κ3) is 4.02. The highest BCUT2D eigenvalue weighted by Gasteiger charge is 2.12. The fourth-order valence-electron chi connectivity index (χ4n) is 2.60. The predicted molar refractivity (Wildman–Crippen MR) is 120 cm³/mol. The smallest absolute Gasteiger partial charge is 0.258 e. The molecule has 0 spiro atoms. The molecule has 0 atom stereocenters. The van der Waals surface area contributed by atoms with Gasteiger partial charge in [-0.15, -0.1) is 0 Å². The predicted octanol–water partition coefficient (Wildman–Crippen LogP) is 4.62. The monoisotopic (exact) mass is 500 g/mol. The van der Waals surface area contributed by atoms with Gasteiger partial charge in [-0.2, -0.15) is 0 Å². The molecule has 2 N–H and O–H groups in total. The first kappa shape index (κ1) is 18.5. The Labute approximate surface area is 179 Å². The van der Waals surface area contributed by atoms with Gasteiger partial charge in [-0.3, -0.25) is 15.1 Å². The first-order valence-electron chi connectivity index (χ1n) is 8.28. The van der Waals surface area contributed by atoms with E-state index < -0.39 is 0 Å². The van der Waals surface area contributed by atoms with E-state index in [2.05, 4.69) is 43.2 Å². The van der Waals surface area contributed by atoms with Crippen LogP contribution in [0.15, 0.2) is 71.4 Å². The maximum atomic E-state index is 12.4. The van der Waals surface area contributed by atoms with Gasteiger partial charge in [0.05, 0.1) is 5.56 Å². The third-order valence-corrected chi connectivity index (χ3v) is 5.06. The van der Waals surface area contributed by atoms with Crippen LogP contribution in [0, 0.1) is 3.57 Å². The zero-order valence-corrected chi connectivity index (χ0v) is 17.3. The van der Waals surface area contributed by atoms with Gasteiger partial charge >= 0.3 is 0 Å². The lowest BCUT2D eigenvalue weighted by Crippen LogP contribution is -2.34. The fraction of sp³-hybridized carbons (Fsp3) is 0. The van der Waals surface area contributed by atoms with E-state index in [1.165, 1.54) is 0 Å². The largest absolute Gasteiger partial charge is 0.436 e. The summed E-state index contributed by atoms with van der Waals surface area (Å²) in [5.74, 6) is 0.258. The summed E-state index contributed by atoms with van der Waals surface area (Å²) in [7, 11) is 0. The van der Waals surface area contributed by atoms with Crippen LogP contribution in [-0.2, 0) is 0 Å². The Morgan fingerprint density at radius 1 is 1.07 bits per heavy atom. The Morgan fingerprint density at radius 3 is 2.64 bits per heavy atom. The number of aromatic nitrogens is 2. The van der Waals surface area contributed by atoms with Crippen molar-refractivity contribution < 1.29 is 9.21 Å². The van der Waals surface area contributed by atoms with E-state index in [1.54, 1.807) is 24.5 Å². The van der Waals surface area contributed by atoms with Crippen LogP contribution in [0.4, 0.5) is 5.69 Å². The number of hydrogen-bond acceptors (Lipinski definition) is 5. The van der Waals surface area contributed by atoms with Gasteiger partial charge in [-0.05, 0) is 77.3 Å². The first-order valence-corrected chi connectivity index (χ1v) is 9.77. The van der Waals surface area contributed by atoms with Gasteiger partial charge in [-0.25, -0.2) is 4.98 Å². The van der Waals surface area contributed by atoms with Gasteiger partial charge < -0.3 is 9.73 Å². The lowest BCUT2D eigenvalue weighted by atomic mass is 10.2. The number of nitrogens with one attached hydrogen (secondary N) is 2. The number of carbonyl (C=O) groups is 1. The van der Waals surface area contributed by atoms with Crippen molar-refractivity contribution in [1.29, 1.82) is 0 Å². The minimum Gasteiger partial charge on any atom is -0.436 e. The summed E-state index contributed by atoms with van der Waals surface area (Å²) in [6.45, 7) is 0. The minimum absolute atomic E-state index is 0.210. The fourth-order valence-corrected chi connectivity index (χ4v) is 3.44. The number of halogens is 1. The van der Waals surface area contributed by atoms with Crippen molar-refractivity contribution in [3.8, 4) is 11.5 Å². The summed E-state index contributed by atoms with van der Waals surface area (Å²) in [6.07, 6.45) is 3.37. The Bertz CT molecular complexity index is 1180. The number of carbonyl (C=O) groups excluding carboxylic acids is 1. The SMILES string of the molecule is O=C(NC(=S)Nc1ccc2oc(-c3ccncc3)nc2c1)c1ccccc1I. The van der Waals surface area contributed by atoms with Crippen LogP contribution in [0.2, 0.25) is 0 Å². The average Bonchev–Trinajstić information content (AvgIpc) is 3.12. The Hall–Kier alpha value is -2.85. The number of fused-ring (bicyclic) bond motifs is 1. The molecule has 0 unspecified atom stereocenters. The van der Waals surface area contributed by atoms with Gasteiger partial charge in [0.25, 0.3) is 5.91 Å². The van der Waals surface area contributed by atoms with E-state index in [4.69, 9.17) is 16.6 Å². The molecule has 0 aliphatic carbocycles. The molecule has 2 aromatic carbocycles. The summed E-state index contributed by atoms with van der Waals surface area (Å²) >= 11 is 7.38. The molecular weight excluding hydrogens is 487 g/mol. The van der Waals surface area contributed by atoms with Gasteiger partial charge in [0, 0.05) is 27.2 Å². The highest BCUT2D eigenvalue weighted by atomic mass is 127. The Morgan fingerprint density at radius 2 is 1.86 bits per heavy atom. The van der Waals surface area contributed by atoms with Crippen LogP contribution in [-0.4, -0.2) is 21.0 Å². The lowest BCUT2D eigenvalue weighted by molar-refractivity contribution is 0.0977. The normalized spacial score (nSPS) is 10.6. The number of pyridine rings is 1. The molecule has 0 saturated heterocycles. The number of nitrogens with zero attached hydrogens (tertiary/aromatic N) is 2. The molecule has 0 aliphatic rings. The number of anilines is 1. The van der Waals surface area contributed by atoms with E-state index in [9.17, 15) is 4.79 Å². The quantitative estimate of drug-likeness (QED) is 0.316. The van der Waals surface area contributed by atoms with E-state index in [0.29, 0.717) is 28.2 Å². The van der Waals surface area contributed by atoms with E-state index in [-0.39, 0.29) is 11.0 Å². The summed E-state index contributed by atoms with van der Waals surface area (Å²) in [5.41, 5.74) is 3.46. The van der Waals surface area contributed by atoms with Crippen molar-refractivity contribution in [1.82, 2.24) is 15.3 Å². The molecule has 8 heteroatoms. The summed E-state index contributed by atoms with van der Waals surface area (Å²) in [4.78, 5) is 20.9. The molecule has 2 aromatic heterocycles. The topological polar surface area (TPSA) is 80.0 Å². The molecule has 138 valence electrons. The molecule has 4 rings (SSSR count). The zero-order chi connectivity index (χ0) is 19.5. The molecule has 6 nitrogen and oxygen atoms in total. The number of amides is 1. The highest BCUT2D eigenvalue weighted by molar-refractivity contribution is 14.1. The second-order valence-electron chi connectivity index (χ2n) is 5.83. The second-order valence-corrected chi connectivity index (χ2v) is 7.40. The van der Waals surface area contributed by atoms with Crippen molar-refractivity contribution in [3.63, 3.8) is 0 Å². The summed E-state index contributed by atoms with van der Waals surface area (Å²) in [5, 5.41) is 5.91. The second kappa shape index (κ2) is 8.03. The molecule has 0 fully saturated rings. The van der Waals surface area contributed by atoms with Gasteiger partial charge in [0.2, 0.25) is 5.89 Å². The highest BCUT2D eigenvalue weighted by Crippen LogP contribution is 2.25. The van der Waals surface area contributed by atoms with Crippen LogP contribution in [0.25, 0.3) is 22.6 Å². The van der Waals surface area contributed by atoms with Crippen LogP contribution < -0.4 is 10.6 Å². The maximum Gasteiger partial charge on any atom is 0.258 e. The van der Waals surface area contributed by atoms with E-state index in [1.807, 2.05) is 42.5 Å². The number of hydrogen-bond donors (Lipinski definition) is 2. The Kier molecular flexibility index (Phi) is 5.31.